The molecule has 2 nitrogen and oxygen atoms in total. The number of ether oxygens (including phenoxy) is 1. The van der Waals surface area contributed by atoms with Gasteiger partial charge in [0.2, 0.25) is 0 Å². The van der Waals surface area contributed by atoms with Crippen LogP contribution in [0.15, 0.2) is 24.3 Å². The predicted octanol–water partition coefficient (Wildman–Crippen LogP) is 4.72. The van der Waals surface area contributed by atoms with Crippen LogP contribution in [0.2, 0.25) is 0 Å². The first-order valence-electron chi connectivity index (χ1n) is 6.83. The van der Waals surface area contributed by atoms with Gasteiger partial charge in [0, 0.05) is 19.0 Å². The molecule has 0 spiro atoms. The van der Waals surface area contributed by atoms with Crippen molar-refractivity contribution in [2.24, 2.45) is 5.41 Å². The Labute approximate surface area is 128 Å². The summed E-state index contributed by atoms with van der Waals surface area (Å²) in [4.78, 5) is 0. The van der Waals surface area contributed by atoms with E-state index in [0.29, 0.717) is 12.4 Å². The molecule has 0 heterocycles. The summed E-state index contributed by atoms with van der Waals surface area (Å²) in [6, 6.07) is 5.89. The SMILES string of the molecule is CC(C)(CCCCl)CNCc1ccc(OC(F)(F)F)cc1. The van der Waals surface area contributed by atoms with Gasteiger partial charge < -0.3 is 10.1 Å². The minimum absolute atomic E-state index is 0.147. The summed E-state index contributed by atoms with van der Waals surface area (Å²) in [7, 11) is 0. The van der Waals surface area contributed by atoms with E-state index in [1.54, 1.807) is 12.1 Å². The third-order valence-corrected chi connectivity index (χ3v) is 3.34. The molecule has 0 saturated heterocycles. The van der Waals surface area contributed by atoms with Crippen molar-refractivity contribution < 1.29 is 17.9 Å². The molecule has 0 aromatic heterocycles. The summed E-state index contributed by atoms with van der Waals surface area (Å²) >= 11 is 5.69. The first-order chi connectivity index (χ1) is 9.72. The Balaban J connectivity index is 2.39. The quantitative estimate of drug-likeness (QED) is 0.699. The number of nitrogens with one attached hydrogen (secondary N) is 1. The van der Waals surface area contributed by atoms with Crippen molar-refractivity contribution >= 4 is 11.6 Å². The van der Waals surface area contributed by atoms with E-state index in [4.69, 9.17) is 11.6 Å². The van der Waals surface area contributed by atoms with Crippen molar-refractivity contribution in [3.05, 3.63) is 29.8 Å². The minimum atomic E-state index is -4.65. The third-order valence-electron chi connectivity index (χ3n) is 3.08. The van der Waals surface area contributed by atoms with Crippen LogP contribution in [-0.4, -0.2) is 18.8 Å². The van der Waals surface area contributed by atoms with Crippen molar-refractivity contribution in [3.63, 3.8) is 0 Å². The zero-order chi connectivity index (χ0) is 15.9. The summed E-state index contributed by atoms with van der Waals surface area (Å²) in [5.74, 6) is 0.457. The predicted molar refractivity (Wildman–Crippen MR) is 78.6 cm³/mol. The fourth-order valence-corrected chi connectivity index (χ4v) is 2.12. The van der Waals surface area contributed by atoms with E-state index in [9.17, 15) is 13.2 Å². The lowest BCUT2D eigenvalue weighted by molar-refractivity contribution is -0.274. The van der Waals surface area contributed by atoms with Crippen LogP contribution in [0.1, 0.15) is 32.3 Å². The van der Waals surface area contributed by atoms with Crippen molar-refractivity contribution in [1.29, 1.82) is 0 Å². The van der Waals surface area contributed by atoms with Gasteiger partial charge in [-0.2, -0.15) is 0 Å². The van der Waals surface area contributed by atoms with Crippen LogP contribution in [0.5, 0.6) is 5.75 Å². The third kappa shape index (κ3) is 8.17. The van der Waals surface area contributed by atoms with Gasteiger partial charge in [0.1, 0.15) is 5.75 Å². The Bertz CT molecular complexity index is 418. The van der Waals surface area contributed by atoms with Crippen molar-refractivity contribution in [3.8, 4) is 5.75 Å². The first-order valence-corrected chi connectivity index (χ1v) is 7.37. The van der Waals surface area contributed by atoms with Crippen LogP contribution in [0.4, 0.5) is 13.2 Å². The largest absolute Gasteiger partial charge is 0.573 e. The molecule has 1 rings (SSSR count). The highest BCUT2D eigenvalue weighted by Crippen LogP contribution is 2.23. The van der Waals surface area contributed by atoms with Gasteiger partial charge in [-0.1, -0.05) is 26.0 Å². The Morgan fingerprint density at radius 3 is 2.29 bits per heavy atom. The normalized spacial score (nSPS) is 12.5. The van der Waals surface area contributed by atoms with Gasteiger partial charge in [-0.25, -0.2) is 0 Å². The molecule has 120 valence electrons. The maximum absolute atomic E-state index is 12.0. The van der Waals surface area contributed by atoms with Gasteiger partial charge >= 0.3 is 6.36 Å². The lowest BCUT2D eigenvalue weighted by atomic mass is 9.88. The molecule has 0 saturated carbocycles. The highest BCUT2D eigenvalue weighted by Gasteiger charge is 2.30. The molecule has 1 aromatic rings. The summed E-state index contributed by atoms with van der Waals surface area (Å²) in [5.41, 5.74) is 1.06. The van der Waals surface area contributed by atoms with Gasteiger partial charge in [-0.05, 0) is 36.0 Å². The average Bonchev–Trinajstić information content (AvgIpc) is 2.37. The topological polar surface area (TPSA) is 21.3 Å². The van der Waals surface area contributed by atoms with Crippen LogP contribution in [0.25, 0.3) is 0 Å². The fourth-order valence-electron chi connectivity index (χ4n) is 1.99. The van der Waals surface area contributed by atoms with Crippen LogP contribution in [0.3, 0.4) is 0 Å². The second-order valence-corrected chi connectivity index (χ2v) is 6.13. The van der Waals surface area contributed by atoms with E-state index in [2.05, 4.69) is 23.9 Å². The molecule has 1 N–H and O–H groups in total. The van der Waals surface area contributed by atoms with E-state index in [0.717, 1.165) is 24.9 Å². The van der Waals surface area contributed by atoms with Crippen LogP contribution in [-0.2, 0) is 6.54 Å². The number of benzene rings is 1. The Kier molecular flexibility index (Phi) is 6.81. The zero-order valence-electron chi connectivity index (χ0n) is 12.3. The molecule has 6 heteroatoms. The molecule has 0 fully saturated rings. The van der Waals surface area contributed by atoms with Crippen LogP contribution in [0, 0.1) is 5.41 Å². The van der Waals surface area contributed by atoms with Crippen LogP contribution >= 0.6 is 11.6 Å². The van der Waals surface area contributed by atoms with E-state index in [1.165, 1.54) is 12.1 Å². The monoisotopic (exact) mass is 323 g/mol. The first kappa shape index (κ1) is 18.1. The minimum Gasteiger partial charge on any atom is -0.406 e. The van der Waals surface area contributed by atoms with Crippen LogP contribution < -0.4 is 10.1 Å². The summed E-state index contributed by atoms with van der Waals surface area (Å²) in [5, 5.41) is 3.31. The maximum Gasteiger partial charge on any atom is 0.573 e. The molecular formula is C15H21ClF3NO. The van der Waals surface area contributed by atoms with Gasteiger partial charge in [-0.3, -0.25) is 0 Å². The van der Waals surface area contributed by atoms with Crippen molar-refractivity contribution in [1.82, 2.24) is 5.32 Å². The highest BCUT2D eigenvalue weighted by atomic mass is 35.5. The number of hydrogen-bond donors (Lipinski definition) is 1. The molecule has 0 bridgehead atoms. The smallest absolute Gasteiger partial charge is 0.406 e. The van der Waals surface area contributed by atoms with Gasteiger partial charge in [0.25, 0.3) is 0 Å². The molecule has 0 aliphatic rings. The maximum atomic E-state index is 12.0. The van der Waals surface area contributed by atoms with Gasteiger partial charge in [-0.15, -0.1) is 24.8 Å². The number of hydrogen-bond acceptors (Lipinski definition) is 2. The molecule has 0 aliphatic heterocycles. The molecule has 0 aliphatic carbocycles. The molecule has 0 unspecified atom stereocenters. The lowest BCUT2D eigenvalue weighted by Crippen LogP contribution is -2.29. The molecule has 1 aromatic carbocycles. The number of rotatable bonds is 8. The van der Waals surface area contributed by atoms with E-state index < -0.39 is 6.36 Å². The fraction of sp³-hybridized carbons (Fsp3) is 0.600. The Morgan fingerprint density at radius 1 is 1.14 bits per heavy atom. The Hall–Kier alpha value is -0.940. The van der Waals surface area contributed by atoms with E-state index in [1.807, 2.05) is 0 Å². The van der Waals surface area contributed by atoms with Crippen molar-refractivity contribution in [2.45, 2.75) is 39.6 Å². The van der Waals surface area contributed by atoms with Gasteiger partial charge in [0.15, 0.2) is 0 Å². The molecule has 0 amide bonds. The van der Waals surface area contributed by atoms with Crippen molar-refractivity contribution in [2.75, 3.05) is 12.4 Å². The standard InChI is InChI=1S/C15H21ClF3NO/c1-14(2,8-3-9-16)11-20-10-12-4-6-13(7-5-12)21-15(17,18)19/h4-7,20H,3,8-11H2,1-2H3. The highest BCUT2D eigenvalue weighted by molar-refractivity contribution is 6.17. The number of alkyl halides is 4. The van der Waals surface area contributed by atoms with Gasteiger partial charge in [0.05, 0.1) is 0 Å². The second kappa shape index (κ2) is 7.90. The lowest BCUT2D eigenvalue weighted by Gasteiger charge is -2.24. The summed E-state index contributed by atoms with van der Waals surface area (Å²) in [6.45, 7) is 5.75. The molecule has 0 radical (unpaired) electrons. The Morgan fingerprint density at radius 2 is 1.76 bits per heavy atom. The second-order valence-electron chi connectivity index (χ2n) is 5.75. The molecule has 0 atom stereocenters. The average molecular weight is 324 g/mol. The van der Waals surface area contributed by atoms with E-state index >= 15 is 0 Å². The molecule has 21 heavy (non-hydrogen) atoms. The van der Waals surface area contributed by atoms with E-state index in [-0.39, 0.29) is 11.2 Å². The summed E-state index contributed by atoms with van der Waals surface area (Å²) in [6.07, 6.45) is -2.65. The summed E-state index contributed by atoms with van der Waals surface area (Å²) < 4.78 is 39.9. The number of halogens is 4. The molecular weight excluding hydrogens is 303 g/mol. The zero-order valence-corrected chi connectivity index (χ0v) is 13.0.